The number of aromatic nitrogens is 2. The van der Waals surface area contributed by atoms with E-state index < -0.39 is 5.92 Å². The molecule has 0 radical (unpaired) electrons. The zero-order chi connectivity index (χ0) is 77.6. The van der Waals surface area contributed by atoms with Crippen LogP contribution in [0.1, 0.15) is 28.2 Å². The molecule has 1 unspecified atom stereocenters. The van der Waals surface area contributed by atoms with Crippen molar-refractivity contribution in [2.45, 2.75) is 5.92 Å². The van der Waals surface area contributed by atoms with Crippen LogP contribution in [0.4, 0.5) is 22.7 Å². The van der Waals surface area contributed by atoms with Gasteiger partial charge in [-0.2, -0.15) is 5.26 Å². The fourth-order valence-electron chi connectivity index (χ4n) is 19.2. The maximum absolute atomic E-state index is 11.8. The van der Waals surface area contributed by atoms with Gasteiger partial charge in [-0.3, -0.25) is 0 Å². The minimum atomic E-state index is -0.547. The quantitative estimate of drug-likeness (QED) is 0.0853. The minimum Gasteiger partial charge on any atom is -0.310 e. The van der Waals surface area contributed by atoms with Gasteiger partial charge in [-0.05, 0) is 219 Å². The minimum absolute atomic E-state index is 0.382. The first-order valence-electron chi connectivity index (χ1n) is 40.0. The van der Waals surface area contributed by atoms with Crippen molar-refractivity contribution in [3.8, 4) is 118 Å². The Hall–Kier alpha value is -15.6. The number of hydrogen-bond acceptors (Lipinski definition) is 2. The number of nitriles is 1. The number of rotatable bonds is 13. The third-order valence-corrected chi connectivity index (χ3v) is 24.3. The van der Waals surface area contributed by atoms with E-state index in [0.717, 1.165) is 178 Å². The zero-order valence-corrected chi connectivity index (χ0v) is 63.7. The molecule has 0 saturated carbocycles. The first-order chi connectivity index (χ1) is 58.0. The van der Waals surface area contributed by atoms with Gasteiger partial charge in [0, 0.05) is 55.8 Å². The van der Waals surface area contributed by atoms with Crippen LogP contribution in [0.3, 0.4) is 0 Å². The molecule has 4 heterocycles. The maximum Gasteiger partial charge on any atom is 0.247 e. The average molecular weight is 1480 g/mol. The van der Waals surface area contributed by atoms with Gasteiger partial charge in [-0.15, -0.1) is 0 Å². The molecule has 5 nitrogen and oxygen atoms in total. The van der Waals surface area contributed by atoms with E-state index in [-0.39, 0.29) is 6.71 Å². The molecular formula is C111H70BN5. The second-order valence-corrected chi connectivity index (χ2v) is 30.7. The van der Waals surface area contributed by atoms with E-state index in [1.165, 1.54) is 27.0 Å². The van der Waals surface area contributed by atoms with E-state index >= 15 is 0 Å². The molecule has 2 aromatic heterocycles. The highest BCUT2D eigenvalue weighted by Gasteiger charge is 2.47. The summed E-state index contributed by atoms with van der Waals surface area (Å²) in [4.78, 5) is 7.08. The molecule has 0 amide bonds. The van der Waals surface area contributed by atoms with E-state index in [2.05, 4.69) is 419 Å². The summed E-state index contributed by atoms with van der Waals surface area (Å²) in [5.74, 6) is -0.547. The topological polar surface area (TPSA) is 41.2 Å². The van der Waals surface area contributed by atoms with Crippen LogP contribution in [0.5, 0.6) is 0 Å². The normalized spacial score (nSPS) is 12.6. The number of fused-ring (bicyclic) bond motifs is 10. The van der Waals surface area contributed by atoms with Gasteiger partial charge < -0.3 is 14.0 Å². The molecule has 0 N–H and O–H groups in total. The monoisotopic (exact) mass is 1480 g/mol. The lowest BCUT2D eigenvalue weighted by Gasteiger charge is -2.45. The molecule has 20 aromatic rings. The Balaban J connectivity index is 0.943. The molecule has 0 saturated heterocycles. The lowest BCUT2D eigenvalue weighted by atomic mass is 9.31. The van der Waals surface area contributed by atoms with E-state index in [4.69, 9.17) is 0 Å². The molecule has 0 spiro atoms. The third kappa shape index (κ3) is 11.4. The Morgan fingerprint density at radius 2 is 0.684 bits per heavy atom. The van der Waals surface area contributed by atoms with Gasteiger partial charge in [0.15, 0.2) is 5.69 Å². The van der Waals surface area contributed by atoms with Crippen LogP contribution in [0.15, 0.2) is 419 Å². The SMILES string of the molecule is [C-]#[N+]c1ccccc1-c1cc(-c2ccccc2)cc(-c2cccc(-c3ccccc3)c2)c1N1c2cc(-n3c4ccccc4c4ccccc43)ccc2B2c3ccc(-n4c5ccccc5c5ccccc54)cc3C(c3c(-c4cccc(-c5ccccc5)c4)cc(-c4ccccc4)cc3-c3ccccc3C#N)c3cc(-c4ccccc4)cc1c32. The number of benzene rings is 18. The van der Waals surface area contributed by atoms with Gasteiger partial charge in [0.2, 0.25) is 6.71 Å². The summed E-state index contributed by atoms with van der Waals surface area (Å²) in [6, 6.07) is 156. The van der Waals surface area contributed by atoms with E-state index in [0.29, 0.717) is 11.3 Å². The Labute approximate surface area is 680 Å². The molecule has 22 rings (SSSR count). The molecular weight excluding hydrogens is 1410 g/mol. The van der Waals surface area contributed by atoms with Crippen molar-refractivity contribution in [1.29, 1.82) is 5.26 Å². The summed E-state index contributed by atoms with van der Waals surface area (Å²) < 4.78 is 4.93. The van der Waals surface area contributed by atoms with Gasteiger partial charge in [0.25, 0.3) is 0 Å². The Morgan fingerprint density at radius 1 is 0.282 bits per heavy atom. The molecule has 1 atom stereocenters. The van der Waals surface area contributed by atoms with Crippen molar-refractivity contribution in [3.05, 3.63) is 452 Å². The highest BCUT2D eigenvalue weighted by atomic mass is 15.2. The van der Waals surface area contributed by atoms with Crippen LogP contribution in [-0.4, -0.2) is 15.8 Å². The van der Waals surface area contributed by atoms with E-state index in [1.54, 1.807) is 0 Å². The molecule has 18 aromatic carbocycles. The van der Waals surface area contributed by atoms with Gasteiger partial charge in [-0.1, -0.05) is 327 Å². The molecule has 2 aliphatic rings. The Kier molecular flexibility index (Phi) is 16.5. The summed E-state index contributed by atoms with van der Waals surface area (Å²) in [5.41, 5.74) is 35.6. The lowest BCUT2D eigenvalue weighted by molar-refractivity contribution is 0.983. The smallest absolute Gasteiger partial charge is 0.247 e. The second kappa shape index (κ2) is 28.2. The third-order valence-electron chi connectivity index (χ3n) is 24.3. The van der Waals surface area contributed by atoms with Gasteiger partial charge in [0.1, 0.15) is 0 Å². The Morgan fingerprint density at radius 3 is 1.21 bits per heavy atom. The molecule has 0 aliphatic carbocycles. The average Bonchev–Trinajstić information content (AvgIpc) is 1.25. The largest absolute Gasteiger partial charge is 0.310 e. The van der Waals surface area contributed by atoms with Crippen molar-refractivity contribution in [2.75, 3.05) is 4.90 Å². The molecule has 0 bridgehead atoms. The van der Waals surface area contributed by atoms with E-state index in [1.807, 2.05) is 24.3 Å². The van der Waals surface area contributed by atoms with Crippen molar-refractivity contribution < 1.29 is 0 Å². The van der Waals surface area contributed by atoms with Gasteiger partial charge >= 0.3 is 0 Å². The standard InChI is InChI=1S/C111H70BN5/c1-114-101-52-24-19-47-88(101)96-66-83(75-37-13-5-14-38-75)64-94(80-45-30-43-78(62-80)73-33-9-3-10-34-73)111(96)117-106-70-86(116-104-55-27-22-50-91(104)92-51-23-28-56-105(92)116)58-60-100(106)112-99-59-57-85(115-102-53-25-20-48-89(102)90-49-21-26-54-103(90)115)69-97(99)109(98-67-84(68-107(117)110(98)112)76-39-15-6-16-40-76)108-93(79-44-29-42-77(61-79)72-31-7-2-8-32-72)63-82(74-35-11-4-12-36-74)65-95(108)87-46-18-17-41-81(87)71-113/h2-70,109H. The van der Waals surface area contributed by atoms with Crippen LogP contribution >= 0.6 is 0 Å². The van der Waals surface area contributed by atoms with E-state index in [9.17, 15) is 11.8 Å². The molecule has 2 aliphatic heterocycles. The van der Waals surface area contributed by atoms with Crippen molar-refractivity contribution in [1.82, 2.24) is 9.13 Å². The molecule has 0 fully saturated rings. The predicted octanol–water partition coefficient (Wildman–Crippen LogP) is 27.1. The highest BCUT2D eigenvalue weighted by molar-refractivity contribution is 6.99. The number of nitrogens with zero attached hydrogens (tertiary/aromatic N) is 5. The number of para-hydroxylation sites is 5. The second-order valence-electron chi connectivity index (χ2n) is 30.7. The summed E-state index contributed by atoms with van der Waals surface area (Å²) in [5, 5.41) is 16.5. The summed E-state index contributed by atoms with van der Waals surface area (Å²) in [6.45, 7) is 8.82. The van der Waals surface area contributed by atoms with Crippen LogP contribution in [-0.2, 0) is 0 Å². The van der Waals surface area contributed by atoms with Crippen molar-refractivity contribution in [3.63, 3.8) is 0 Å². The summed E-state index contributed by atoms with van der Waals surface area (Å²) in [6.07, 6.45) is 0. The lowest BCUT2D eigenvalue weighted by Crippen LogP contribution is -2.62. The maximum atomic E-state index is 11.8. The highest BCUT2D eigenvalue weighted by Crippen LogP contribution is 2.56. The summed E-state index contributed by atoms with van der Waals surface area (Å²) in [7, 11) is 0. The molecule has 6 heteroatoms. The molecule has 117 heavy (non-hydrogen) atoms. The van der Waals surface area contributed by atoms with Gasteiger partial charge in [-0.25, -0.2) is 4.85 Å². The number of anilines is 3. The van der Waals surface area contributed by atoms with Crippen LogP contribution in [0, 0.1) is 17.9 Å². The molecule has 542 valence electrons. The zero-order valence-electron chi connectivity index (χ0n) is 63.7. The van der Waals surface area contributed by atoms with Gasteiger partial charge in [0.05, 0.1) is 46.0 Å². The number of hydrogen-bond donors (Lipinski definition) is 0. The first kappa shape index (κ1) is 68.2. The Bertz CT molecular complexity index is 6950. The fraction of sp³-hybridized carbons (Fsp3) is 0.00901. The van der Waals surface area contributed by atoms with Crippen molar-refractivity contribution in [2.24, 2.45) is 0 Å². The van der Waals surface area contributed by atoms with Crippen molar-refractivity contribution >= 4 is 89.5 Å². The predicted molar refractivity (Wildman–Crippen MR) is 488 cm³/mol. The first-order valence-corrected chi connectivity index (χ1v) is 40.0. The van der Waals surface area contributed by atoms with Crippen LogP contribution < -0.4 is 21.3 Å². The summed E-state index contributed by atoms with van der Waals surface area (Å²) >= 11 is 0. The fourth-order valence-corrected chi connectivity index (χ4v) is 19.2. The van der Waals surface area contributed by atoms with Crippen LogP contribution in [0.25, 0.3) is 160 Å². The van der Waals surface area contributed by atoms with Crippen LogP contribution in [0.2, 0.25) is 0 Å².